The second-order valence-corrected chi connectivity index (χ2v) is 7.81. The van der Waals surface area contributed by atoms with Crippen molar-refractivity contribution in [2.24, 2.45) is 7.05 Å². The van der Waals surface area contributed by atoms with E-state index in [2.05, 4.69) is 42.9 Å². The van der Waals surface area contributed by atoms with Gasteiger partial charge in [0.25, 0.3) is 5.95 Å². The Morgan fingerprint density at radius 1 is 0.970 bits per heavy atom. The minimum Gasteiger partial charge on any atom is -0.458 e. The Labute approximate surface area is 195 Å². The standard InChI is InChI=1S/C23H21ClN8O/c1-31-22(28-29-30-31)32-19-11-6-10-18(24)21(19)27-23(32)33-15-17-9-5-12-20(26-17)25-14-13-16-7-3-2-4-8-16/h2-12H,13-15H2,1H3,(H,25,26). The van der Waals surface area contributed by atoms with E-state index in [1.54, 1.807) is 22.4 Å². The summed E-state index contributed by atoms with van der Waals surface area (Å²) >= 11 is 6.36. The van der Waals surface area contributed by atoms with Crippen LogP contribution < -0.4 is 10.1 Å². The second kappa shape index (κ2) is 9.25. The van der Waals surface area contributed by atoms with Gasteiger partial charge in [-0.15, -0.1) is 0 Å². The Morgan fingerprint density at radius 2 is 1.82 bits per heavy atom. The van der Waals surface area contributed by atoms with Gasteiger partial charge >= 0.3 is 6.01 Å². The van der Waals surface area contributed by atoms with Crippen molar-refractivity contribution in [1.82, 2.24) is 34.7 Å². The number of hydrogen-bond acceptors (Lipinski definition) is 7. The molecule has 5 aromatic rings. The predicted molar refractivity (Wildman–Crippen MR) is 126 cm³/mol. The number of benzene rings is 2. The van der Waals surface area contributed by atoms with Crippen LogP contribution in [0.2, 0.25) is 5.02 Å². The maximum Gasteiger partial charge on any atom is 0.305 e. The smallest absolute Gasteiger partial charge is 0.305 e. The summed E-state index contributed by atoms with van der Waals surface area (Å²) in [5, 5.41) is 15.6. The normalized spacial score (nSPS) is 11.1. The molecule has 1 N–H and O–H groups in total. The van der Waals surface area contributed by atoms with Gasteiger partial charge in [0.2, 0.25) is 0 Å². The van der Waals surface area contributed by atoms with Crippen LogP contribution in [0.3, 0.4) is 0 Å². The Kier molecular flexibility index (Phi) is 5.86. The second-order valence-electron chi connectivity index (χ2n) is 7.41. The van der Waals surface area contributed by atoms with Crippen molar-refractivity contribution >= 4 is 28.5 Å². The van der Waals surface area contributed by atoms with Gasteiger partial charge in [-0.2, -0.15) is 4.98 Å². The fourth-order valence-corrected chi connectivity index (χ4v) is 3.74. The number of rotatable bonds is 8. The highest BCUT2D eigenvalue weighted by Gasteiger charge is 2.19. The summed E-state index contributed by atoms with van der Waals surface area (Å²) in [7, 11) is 1.75. The molecule has 0 aliphatic heterocycles. The molecular formula is C23H21ClN8O. The number of para-hydroxylation sites is 1. The van der Waals surface area contributed by atoms with E-state index in [-0.39, 0.29) is 6.61 Å². The lowest BCUT2D eigenvalue weighted by molar-refractivity contribution is 0.272. The number of anilines is 1. The molecule has 5 rings (SSSR count). The zero-order valence-corrected chi connectivity index (χ0v) is 18.6. The zero-order valence-electron chi connectivity index (χ0n) is 17.9. The summed E-state index contributed by atoms with van der Waals surface area (Å²) in [6.45, 7) is 1.01. The van der Waals surface area contributed by atoms with Crippen molar-refractivity contribution in [3.63, 3.8) is 0 Å². The van der Waals surface area contributed by atoms with Crippen LogP contribution in [0.15, 0.2) is 66.7 Å². The molecule has 3 aromatic heterocycles. The van der Waals surface area contributed by atoms with Crippen molar-refractivity contribution in [2.45, 2.75) is 13.0 Å². The van der Waals surface area contributed by atoms with Gasteiger partial charge in [-0.3, -0.25) is 0 Å². The van der Waals surface area contributed by atoms with Gasteiger partial charge in [-0.05, 0) is 46.7 Å². The number of fused-ring (bicyclic) bond motifs is 1. The van der Waals surface area contributed by atoms with E-state index in [1.165, 1.54) is 5.56 Å². The van der Waals surface area contributed by atoms with E-state index >= 15 is 0 Å². The summed E-state index contributed by atoms with van der Waals surface area (Å²) in [4.78, 5) is 9.24. The number of nitrogens with zero attached hydrogens (tertiary/aromatic N) is 7. The monoisotopic (exact) mass is 460 g/mol. The third kappa shape index (κ3) is 4.49. The molecule has 0 aliphatic rings. The largest absolute Gasteiger partial charge is 0.458 e. The fraction of sp³-hybridized carbons (Fsp3) is 0.174. The molecule has 166 valence electrons. The highest BCUT2D eigenvalue weighted by atomic mass is 35.5. The Hall–Kier alpha value is -3.98. The Balaban J connectivity index is 1.33. The summed E-state index contributed by atoms with van der Waals surface area (Å²) in [5.74, 6) is 1.26. The molecule has 9 nitrogen and oxygen atoms in total. The van der Waals surface area contributed by atoms with Gasteiger partial charge < -0.3 is 10.1 Å². The van der Waals surface area contributed by atoms with Gasteiger partial charge in [0, 0.05) is 13.6 Å². The third-order valence-corrected chi connectivity index (χ3v) is 5.43. The number of ether oxygens (including phenoxy) is 1. The molecule has 0 aliphatic carbocycles. The zero-order chi connectivity index (χ0) is 22.6. The maximum atomic E-state index is 6.36. The molecule has 0 atom stereocenters. The van der Waals surface area contributed by atoms with Crippen LogP contribution in [-0.4, -0.2) is 41.3 Å². The first-order valence-corrected chi connectivity index (χ1v) is 10.8. The molecular weight excluding hydrogens is 440 g/mol. The average Bonchev–Trinajstić information content (AvgIpc) is 3.42. The Bertz CT molecular complexity index is 1380. The van der Waals surface area contributed by atoms with E-state index in [1.807, 2.05) is 48.5 Å². The molecule has 0 spiro atoms. The van der Waals surface area contributed by atoms with Gasteiger partial charge in [0.05, 0.1) is 16.2 Å². The minimum atomic E-state index is 0.223. The molecule has 0 fully saturated rings. The van der Waals surface area contributed by atoms with Crippen LogP contribution >= 0.6 is 11.6 Å². The van der Waals surface area contributed by atoms with E-state index in [9.17, 15) is 0 Å². The lowest BCUT2D eigenvalue weighted by Crippen LogP contribution is -2.10. The molecule has 2 aromatic carbocycles. The Morgan fingerprint density at radius 3 is 2.64 bits per heavy atom. The first-order chi connectivity index (χ1) is 16.2. The van der Waals surface area contributed by atoms with Crippen molar-refractivity contribution in [3.8, 4) is 12.0 Å². The molecule has 0 saturated heterocycles. The molecule has 0 unspecified atom stereocenters. The van der Waals surface area contributed by atoms with Crippen LogP contribution in [0.25, 0.3) is 17.0 Å². The number of pyridine rings is 1. The number of aromatic nitrogens is 7. The van der Waals surface area contributed by atoms with Gasteiger partial charge in [0.1, 0.15) is 17.9 Å². The van der Waals surface area contributed by atoms with Gasteiger partial charge in [-0.1, -0.05) is 59.2 Å². The average molecular weight is 461 g/mol. The highest BCUT2D eigenvalue weighted by Crippen LogP contribution is 2.29. The topological polar surface area (TPSA) is 95.6 Å². The quantitative estimate of drug-likeness (QED) is 0.376. The molecule has 33 heavy (non-hydrogen) atoms. The molecule has 0 amide bonds. The third-order valence-electron chi connectivity index (χ3n) is 5.12. The van der Waals surface area contributed by atoms with Crippen molar-refractivity contribution in [2.75, 3.05) is 11.9 Å². The number of nitrogens with one attached hydrogen (secondary N) is 1. The first kappa shape index (κ1) is 20.9. The maximum absolute atomic E-state index is 6.36. The first-order valence-electron chi connectivity index (χ1n) is 10.5. The summed E-state index contributed by atoms with van der Waals surface area (Å²) in [6, 6.07) is 22.0. The van der Waals surface area contributed by atoms with Gasteiger partial charge in [-0.25, -0.2) is 14.2 Å². The number of aryl methyl sites for hydroxylation is 1. The van der Waals surface area contributed by atoms with Crippen molar-refractivity contribution in [3.05, 3.63) is 83.0 Å². The van der Waals surface area contributed by atoms with E-state index < -0.39 is 0 Å². The molecule has 0 saturated carbocycles. The van der Waals surface area contributed by atoms with Crippen LogP contribution in [0.1, 0.15) is 11.3 Å². The van der Waals surface area contributed by atoms with E-state index in [0.717, 1.165) is 30.0 Å². The van der Waals surface area contributed by atoms with E-state index in [0.29, 0.717) is 22.5 Å². The molecule has 3 heterocycles. The van der Waals surface area contributed by atoms with E-state index in [4.69, 9.17) is 16.3 Å². The minimum absolute atomic E-state index is 0.223. The lowest BCUT2D eigenvalue weighted by atomic mass is 10.1. The van der Waals surface area contributed by atoms with Crippen LogP contribution in [0.5, 0.6) is 6.01 Å². The highest BCUT2D eigenvalue weighted by molar-refractivity contribution is 6.35. The molecule has 0 radical (unpaired) electrons. The predicted octanol–water partition coefficient (Wildman–Crippen LogP) is 3.83. The van der Waals surface area contributed by atoms with Gasteiger partial charge in [0.15, 0.2) is 0 Å². The SMILES string of the molecule is Cn1nnnc1-n1c(OCc2cccc(NCCc3ccccc3)n2)nc2c(Cl)cccc21. The number of tetrazole rings is 1. The van der Waals surface area contributed by atoms with Crippen molar-refractivity contribution in [1.29, 1.82) is 0 Å². The number of halogens is 1. The molecule has 10 heteroatoms. The van der Waals surface area contributed by atoms with Crippen LogP contribution in [0.4, 0.5) is 5.82 Å². The van der Waals surface area contributed by atoms with Crippen LogP contribution in [0, 0.1) is 0 Å². The van der Waals surface area contributed by atoms with Crippen LogP contribution in [-0.2, 0) is 20.1 Å². The number of hydrogen-bond donors (Lipinski definition) is 1. The van der Waals surface area contributed by atoms with Crippen molar-refractivity contribution < 1.29 is 4.74 Å². The molecule has 0 bridgehead atoms. The summed E-state index contributed by atoms with van der Waals surface area (Å²) in [6.07, 6.45) is 0.916. The lowest BCUT2D eigenvalue weighted by Gasteiger charge is -2.10. The number of imidazole rings is 1. The fourth-order valence-electron chi connectivity index (χ4n) is 3.52. The summed E-state index contributed by atoms with van der Waals surface area (Å²) in [5.41, 5.74) is 3.40. The summed E-state index contributed by atoms with van der Waals surface area (Å²) < 4.78 is 9.35.